The Hall–Kier alpha value is -1.40. The largest absolute Gasteiger partial charge is 0.390 e. The molecule has 17 heavy (non-hydrogen) atoms. The molecule has 0 fully saturated rings. The first-order valence-corrected chi connectivity index (χ1v) is 5.51. The number of nitrogens with zero attached hydrogens (tertiary/aromatic N) is 3. The summed E-state index contributed by atoms with van der Waals surface area (Å²) in [6, 6.07) is 1.72. The zero-order valence-corrected chi connectivity index (χ0v) is 10.8. The van der Waals surface area contributed by atoms with E-state index >= 15 is 0 Å². The van der Waals surface area contributed by atoms with Crippen LogP contribution in [0.4, 0.5) is 0 Å². The van der Waals surface area contributed by atoms with Crippen molar-refractivity contribution in [2.75, 3.05) is 27.2 Å². The van der Waals surface area contributed by atoms with Crippen molar-refractivity contribution >= 4 is 5.91 Å². The minimum Gasteiger partial charge on any atom is -0.390 e. The number of carbonyl (C=O) groups excluding carboxylic acids is 1. The van der Waals surface area contributed by atoms with E-state index in [1.165, 1.54) is 4.68 Å². The number of hydrogen-bond acceptors (Lipinski definition) is 4. The van der Waals surface area contributed by atoms with Crippen LogP contribution in [-0.4, -0.2) is 59.0 Å². The van der Waals surface area contributed by atoms with Crippen LogP contribution in [0, 0.1) is 6.92 Å². The predicted molar refractivity (Wildman–Crippen MR) is 64.8 cm³/mol. The highest BCUT2D eigenvalue weighted by molar-refractivity contribution is 5.92. The van der Waals surface area contributed by atoms with Crippen molar-refractivity contribution in [3.8, 4) is 0 Å². The van der Waals surface area contributed by atoms with Gasteiger partial charge < -0.3 is 15.3 Å². The van der Waals surface area contributed by atoms with E-state index < -0.39 is 6.10 Å². The molecule has 0 spiro atoms. The molecule has 1 amide bonds. The molecule has 0 aliphatic carbocycles. The van der Waals surface area contributed by atoms with Gasteiger partial charge in [0.1, 0.15) is 5.69 Å². The summed E-state index contributed by atoms with van der Waals surface area (Å²) in [6.07, 6.45) is -0.566. The molecule has 6 nitrogen and oxygen atoms in total. The maximum atomic E-state index is 11.8. The number of aliphatic hydroxyl groups is 1. The summed E-state index contributed by atoms with van der Waals surface area (Å²) >= 11 is 0. The van der Waals surface area contributed by atoms with E-state index in [1.807, 2.05) is 25.9 Å². The maximum Gasteiger partial charge on any atom is 0.269 e. The number of rotatable bonds is 5. The molecule has 96 valence electrons. The van der Waals surface area contributed by atoms with E-state index in [1.54, 1.807) is 13.1 Å². The van der Waals surface area contributed by atoms with Gasteiger partial charge in [0, 0.05) is 20.1 Å². The van der Waals surface area contributed by atoms with Crippen LogP contribution in [0.3, 0.4) is 0 Å². The number of likely N-dealkylation sites (N-methyl/N-ethyl adjacent to an activating group) is 1. The van der Waals surface area contributed by atoms with Crippen LogP contribution in [0.1, 0.15) is 16.2 Å². The molecule has 0 aliphatic heterocycles. The molecule has 1 atom stereocenters. The van der Waals surface area contributed by atoms with Gasteiger partial charge in [-0.15, -0.1) is 0 Å². The Morgan fingerprint density at radius 1 is 1.65 bits per heavy atom. The third kappa shape index (κ3) is 4.16. The third-order valence-corrected chi connectivity index (χ3v) is 2.31. The van der Waals surface area contributed by atoms with E-state index in [2.05, 4.69) is 10.4 Å². The van der Waals surface area contributed by atoms with Crippen LogP contribution in [0.25, 0.3) is 0 Å². The molecule has 0 aromatic carbocycles. The summed E-state index contributed by atoms with van der Waals surface area (Å²) in [5.41, 5.74) is 1.30. The summed E-state index contributed by atoms with van der Waals surface area (Å²) in [4.78, 5) is 13.6. The number of hydrogen-bond donors (Lipinski definition) is 2. The third-order valence-electron chi connectivity index (χ3n) is 2.31. The van der Waals surface area contributed by atoms with Gasteiger partial charge in [0.15, 0.2) is 0 Å². The van der Waals surface area contributed by atoms with Gasteiger partial charge in [0.25, 0.3) is 5.91 Å². The molecule has 0 aliphatic rings. The predicted octanol–water partition coefficient (Wildman–Crippen LogP) is -0.619. The van der Waals surface area contributed by atoms with Crippen LogP contribution >= 0.6 is 0 Å². The van der Waals surface area contributed by atoms with Crippen LogP contribution in [0.5, 0.6) is 0 Å². The van der Waals surface area contributed by atoms with E-state index in [0.29, 0.717) is 12.2 Å². The fraction of sp³-hybridized carbons (Fsp3) is 0.636. The molecular formula is C11H20N4O2. The molecule has 0 bridgehead atoms. The average Bonchev–Trinajstić information content (AvgIpc) is 2.53. The van der Waals surface area contributed by atoms with Crippen molar-refractivity contribution in [1.82, 2.24) is 20.0 Å². The molecule has 1 aromatic rings. The molecule has 1 heterocycles. The Morgan fingerprint density at radius 3 is 2.76 bits per heavy atom. The Bertz CT molecular complexity index is 387. The lowest BCUT2D eigenvalue weighted by atomic mass is 10.3. The zero-order valence-electron chi connectivity index (χ0n) is 10.8. The van der Waals surface area contributed by atoms with E-state index in [-0.39, 0.29) is 12.5 Å². The zero-order chi connectivity index (χ0) is 13.0. The minimum absolute atomic E-state index is 0.217. The van der Waals surface area contributed by atoms with Gasteiger partial charge in [0.2, 0.25) is 0 Å². The van der Waals surface area contributed by atoms with Crippen LogP contribution in [0.2, 0.25) is 0 Å². The molecule has 0 radical (unpaired) electrons. The Balaban J connectivity index is 2.47. The van der Waals surface area contributed by atoms with Gasteiger partial charge in [-0.05, 0) is 27.1 Å². The topological polar surface area (TPSA) is 70.4 Å². The molecule has 1 unspecified atom stereocenters. The number of aryl methyl sites for hydroxylation is 2. The summed E-state index contributed by atoms with van der Waals surface area (Å²) in [6.45, 7) is 2.59. The van der Waals surface area contributed by atoms with Gasteiger partial charge in [-0.1, -0.05) is 0 Å². The number of amides is 1. The second-order valence-corrected chi connectivity index (χ2v) is 4.42. The number of aromatic nitrogens is 2. The highest BCUT2D eigenvalue weighted by Crippen LogP contribution is 2.01. The molecule has 2 N–H and O–H groups in total. The second-order valence-electron chi connectivity index (χ2n) is 4.42. The summed E-state index contributed by atoms with van der Waals surface area (Å²) in [7, 11) is 5.46. The van der Waals surface area contributed by atoms with Gasteiger partial charge >= 0.3 is 0 Å². The Kier molecular flexibility index (Phi) is 4.65. The first-order chi connectivity index (χ1) is 7.90. The summed E-state index contributed by atoms with van der Waals surface area (Å²) in [5, 5.41) is 16.4. The van der Waals surface area contributed by atoms with Crippen molar-refractivity contribution in [2.24, 2.45) is 7.05 Å². The first-order valence-electron chi connectivity index (χ1n) is 5.51. The Labute approximate surface area is 101 Å². The highest BCUT2D eigenvalue weighted by atomic mass is 16.3. The molecule has 1 rings (SSSR count). The SMILES string of the molecule is Cc1cc(C(=O)NCC(O)CN(C)C)n(C)n1. The molecule has 6 heteroatoms. The van der Waals surface area contributed by atoms with Crippen molar-refractivity contribution in [3.63, 3.8) is 0 Å². The lowest BCUT2D eigenvalue weighted by Gasteiger charge is -2.16. The van der Waals surface area contributed by atoms with E-state index in [0.717, 1.165) is 5.69 Å². The maximum absolute atomic E-state index is 11.8. The van der Waals surface area contributed by atoms with Gasteiger partial charge in [0.05, 0.1) is 11.8 Å². The van der Waals surface area contributed by atoms with Crippen molar-refractivity contribution in [1.29, 1.82) is 0 Å². The fourth-order valence-corrected chi connectivity index (χ4v) is 1.61. The number of nitrogens with one attached hydrogen (secondary N) is 1. The summed E-state index contributed by atoms with van der Waals surface area (Å²) < 4.78 is 1.53. The van der Waals surface area contributed by atoms with E-state index in [9.17, 15) is 9.90 Å². The van der Waals surface area contributed by atoms with Crippen molar-refractivity contribution in [3.05, 3.63) is 17.5 Å². The van der Waals surface area contributed by atoms with Crippen LogP contribution in [-0.2, 0) is 7.05 Å². The normalized spacial score (nSPS) is 12.8. The smallest absolute Gasteiger partial charge is 0.269 e. The first kappa shape index (κ1) is 13.7. The number of carbonyl (C=O) groups is 1. The molecule has 1 aromatic heterocycles. The molecular weight excluding hydrogens is 220 g/mol. The second kappa shape index (κ2) is 5.79. The number of aliphatic hydroxyl groups excluding tert-OH is 1. The van der Waals surface area contributed by atoms with Gasteiger partial charge in [-0.25, -0.2) is 0 Å². The standard InChI is InChI=1S/C11H20N4O2/c1-8-5-10(15(4)13-8)11(17)12-6-9(16)7-14(2)3/h5,9,16H,6-7H2,1-4H3,(H,12,17). The lowest BCUT2D eigenvalue weighted by molar-refractivity contribution is 0.0883. The van der Waals surface area contributed by atoms with Crippen LogP contribution in [0.15, 0.2) is 6.07 Å². The lowest BCUT2D eigenvalue weighted by Crippen LogP contribution is -2.38. The van der Waals surface area contributed by atoms with E-state index in [4.69, 9.17) is 0 Å². The Morgan fingerprint density at radius 2 is 2.29 bits per heavy atom. The fourth-order valence-electron chi connectivity index (χ4n) is 1.61. The average molecular weight is 240 g/mol. The van der Waals surface area contributed by atoms with Crippen LogP contribution < -0.4 is 5.32 Å². The van der Waals surface area contributed by atoms with Crippen molar-refractivity contribution < 1.29 is 9.90 Å². The quantitative estimate of drug-likeness (QED) is 0.719. The highest BCUT2D eigenvalue weighted by Gasteiger charge is 2.13. The van der Waals surface area contributed by atoms with Gasteiger partial charge in [-0.2, -0.15) is 5.10 Å². The van der Waals surface area contributed by atoms with Gasteiger partial charge in [-0.3, -0.25) is 9.48 Å². The van der Waals surface area contributed by atoms with Crippen molar-refractivity contribution in [2.45, 2.75) is 13.0 Å². The summed E-state index contributed by atoms with van der Waals surface area (Å²) in [5.74, 6) is -0.217. The molecule has 0 saturated heterocycles. The molecule has 0 saturated carbocycles. The monoisotopic (exact) mass is 240 g/mol. The minimum atomic E-state index is -0.566.